The molecule has 1 heterocycles. The highest BCUT2D eigenvalue weighted by Gasteiger charge is 2.11. The summed E-state index contributed by atoms with van der Waals surface area (Å²) in [6.45, 7) is 5.04. The van der Waals surface area contributed by atoms with Crippen molar-refractivity contribution >= 4 is 28.7 Å². The minimum absolute atomic E-state index is 0.0544. The van der Waals surface area contributed by atoms with E-state index in [9.17, 15) is 9.59 Å². The molecular formula is C21H25N5O2. The summed E-state index contributed by atoms with van der Waals surface area (Å²) in [4.78, 5) is 30.1. The van der Waals surface area contributed by atoms with Gasteiger partial charge in [0.2, 0.25) is 0 Å². The second-order valence-corrected chi connectivity index (χ2v) is 6.97. The Labute approximate surface area is 164 Å². The number of hydrogen-bond donors (Lipinski definition) is 2. The zero-order chi connectivity index (χ0) is 20.3. The van der Waals surface area contributed by atoms with E-state index in [0.29, 0.717) is 18.7 Å². The average molecular weight is 379 g/mol. The van der Waals surface area contributed by atoms with E-state index in [2.05, 4.69) is 15.6 Å². The predicted molar refractivity (Wildman–Crippen MR) is 111 cm³/mol. The molecule has 7 nitrogen and oxygen atoms in total. The van der Waals surface area contributed by atoms with Gasteiger partial charge in [-0.1, -0.05) is 12.1 Å². The van der Waals surface area contributed by atoms with E-state index < -0.39 is 0 Å². The fraction of sp³-hybridized carbons (Fsp3) is 0.286. The van der Waals surface area contributed by atoms with Gasteiger partial charge in [0.05, 0.1) is 17.4 Å². The number of nitrogens with zero attached hydrogens (tertiary/aromatic N) is 3. The van der Waals surface area contributed by atoms with E-state index in [4.69, 9.17) is 0 Å². The number of rotatable bonds is 5. The molecule has 0 aliphatic carbocycles. The van der Waals surface area contributed by atoms with E-state index in [0.717, 1.165) is 27.8 Å². The molecule has 0 saturated carbocycles. The van der Waals surface area contributed by atoms with Crippen molar-refractivity contribution in [1.82, 2.24) is 19.8 Å². The molecule has 3 rings (SSSR count). The van der Waals surface area contributed by atoms with Gasteiger partial charge in [-0.2, -0.15) is 0 Å². The van der Waals surface area contributed by atoms with Gasteiger partial charge in [-0.05, 0) is 49.2 Å². The Balaban J connectivity index is 1.60. The number of carbonyl (C=O) groups excluding carboxylic acids is 2. The molecule has 0 aliphatic rings. The summed E-state index contributed by atoms with van der Waals surface area (Å²) < 4.78 is 1.96. The maximum Gasteiger partial charge on any atom is 0.319 e. The molecule has 0 bridgehead atoms. The first-order valence-electron chi connectivity index (χ1n) is 9.14. The van der Waals surface area contributed by atoms with Crippen molar-refractivity contribution in [2.45, 2.75) is 20.4 Å². The monoisotopic (exact) mass is 379 g/mol. The van der Waals surface area contributed by atoms with E-state index >= 15 is 0 Å². The van der Waals surface area contributed by atoms with Gasteiger partial charge < -0.3 is 20.1 Å². The van der Waals surface area contributed by atoms with Gasteiger partial charge in [-0.3, -0.25) is 4.79 Å². The molecule has 0 fully saturated rings. The molecule has 3 aromatic rings. The fourth-order valence-corrected chi connectivity index (χ4v) is 2.98. The molecule has 0 unspecified atom stereocenters. The van der Waals surface area contributed by atoms with Crippen LogP contribution in [-0.4, -0.2) is 47.0 Å². The molecule has 1 aromatic heterocycles. The van der Waals surface area contributed by atoms with Crippen molar-refractivity contribution in [2.75, 3.05) is 26.0 Å². The fourth-order valence-electron chi connectivity index (χ4n) is 2.98. The Bertz CT molecular complexity index is 1020. The Kier molecular flexibility index (Phi) is 5.63. The van der Waals surface area contributed by atoms with Crippen molar-refractivity contribution in [3.05, 3.63) is 59.4 Å². The van der Waals surface area contributed by atoms with Gasteiger partial charge in [0.1, 0.15) is 0 Å². The number of aromatic nitrogens is 2. The highest BCUT2D eigenvalue weighted by atomic mass is 16.2. The van der Waals surface area contributed by atoms with Crippen LogP contribution in [0.25, 0.3) is 11.0 Å². The highest BCUT2D eigenvalue weighted by molar-refractivity contribution is 5.97. The molecule has 0 atom stereocenters. The van der Waals surface area contributed by atoms with Gasteiger partial charge in [-0.15, -0.1) is 0 Å². The molecule has 0 saturated heterocycles. The van der Waals surface area contributed by atoms with E-state index in [1.165, 1.54) is 4.90 Å². The van der Waals surface area contributed by atoms with Gasteiger partial charge >= 0.3 is 6.03 Å². The summed E-state index contributed by atoms with van der Waals surface area (Å²) >= 11 is 0. The number of hydrogen-bond acceptors (Lipinski definition) is 3. The van der Waals surface area contributed by atoms with Crippen LogP contribution in [0.15, 0.2) is 42.7 Å². The SMILES string of the molecule is Cc1cccc(NC(=O)NCCn2cnc3cc(C(=O)N(C)C)ccc32)c1C. The zero-order valence-electron chi connectivity index (χ0n) is 16.6. The number of anilines is 1. The Morgan fingerprint density at radius 2 is 1.93 bits per heavy atom. The number of amides is 3. The number of benzene rings is 2. The normalized spacial score (nSPS) is 10.7. The maximum absolute atomic E-state index is 12.2. The second kappa shape index (κ2) is 8.12. The van der Waals surface area contributed by atoms with Crippen molar-refractivity contribution in [3.8, 4) is 0 Å². The van der Waals surface area contributed by atoms with Crippen molar-refractivity contribution in [1.29, 1.82) is 0 Å². The molecule has 0 radical (unpaired) electrons. The Morgan fingerprint density at radius 1 is 1.14 bits per heavy atom. The molecule has 7 heteroatoms. The minimum atomic E-state index is -0.239. The largest absolute Gasteiger partial charge is 0.345 e. The average Bonchev–Trinajstić information content (AvgIpc) is 3.07. The number of aryl methyl sites for hydroxylation is 1. The first-order chi connectivity index (χ1) is 13.4. The highest BCUT2D eigenvalue weighted by Crippen LogP contribution is 2.18. The number of fused-ring (bicyclic) bond motifs is 1. The van der Waals surface area contributed by atoms with Gasteiger partial charge in [-0.25, -0.2) is 9.78 Å². The van der Waals surface area contributed by atoms with Crippen LogP contribution in [0, 0.1) is 13.8 Å². The van der Waals surface area contributed by atoms with Crippen LogP contribution < -0.4 is 10.6 Å². The van der Waals surface area contributed by atoms with Gasteiger partial charge in [0.25, 0.3) is 5.91 Å². The topological polar surface area (TPSA) is 79.3 Å². The predicted octanol–water partition coefficient (Wildman–Crippen LogP) is 3.18. The Morgan fingerprint density at radius 3 is 2.68 bits per heavy atom. The first kappa shape index (κ1) is 19.4. The molecule has 2 aromatic carbocycles. The summed E-state index contributed by atoms with van der Waals surface area (Å²) in [5.41, 5.74) is 5.29. The minimum Gasteiger partial charge on any atom is -0.345 e. The molecule has 0 aliphatic heterocycles. The van der Waals surface area contributed by atoms with Gasteiger partial charge in [0.15, 0.2) is 0 Å². The third-order valence-corrected chi connectivity index (χ3v) is 4.77. The quantitative estimate of drug-likeness (QED) is 0.715. The van der Waals surface area contributed by atoms with Crippen molar-refractivity contribution < 1.29 is 9.59 Å². The third kappa shape index (κ3) is 4.14. The van der Waals surface area contributed by atoms with E-state index in [-0.39, 0.29) is 11.9 Å². The number of urea groups is 1. The van der Waals surface area contributed by atoms with Crippen LogP contribution in [-0.2, 0) is 6.54 Å². The second-order valence-electron chi connectivity index (χ2n) is 6.97. The number of carbonyl (C=O) groups is 2. The maximum atomic E-state index is 12.2. The number of imidazole rings is 1. The van der Waals surface area contributed by atoms with E-state index in [1.54, 1.807) is 32.6 Å². The third-order valence-electron chi connectivity index (χ3n) is 4.77. The van der Waals surface area contributed by atoms with Crippen LogP contribution in [0.1, 0.15) is 21.5 Å². The smallest absolute Gasteiger partial charge is 0.319 e. The first-order valence-corrected chi connectivity index (χ1v) is 9.14. The summed E-state index contributed by atoms with van der Waals surface area (Å²) in [7, 11) is 3.44. The lowest BCUT2D eigenvalue weighted by Crippen LogP contribution is -2.31. The lowest BCUT2D eigenvalue weighted by atomic mass is 10.1. The Hall–Kier alpha value is -3.35. The lowest BCUT2D eigenvalue weighted by Gasteiger charge is -2.12. The van der Waals surface area contributed by atoms with Crippen molar-refractivity contribution in [3.63, 3.8) is 0 Å². The van der Waals surface area contributed by atoms with Crippen LogP contribution in [0.3, 0.4) is 0 Å². The lowest BCUT2D eigenvalue weighted by molar-refractivity contribution is 0.0827. The summed E-state index contributed by atoms with van der Waals surface area (Å²) in [6.07, 6.45) is 1.72. The summed E-state index contributed by atoms with van der Waals surface area (Å²) in [6, 6.07) is 11.0. The molecule has 28 heavy (non-hydrogen) atoms. The van der Waals surface area contributed by atoms with Crippen LogP contribution in [0.5, 0.6) is 0 Å². The van der Waals surface area contributed by atoms with Gasteiger partial charge in [0, 0.05) is 38.4 Å². The van der Waals surface area contributed by atoms with Crippen molar-refractivity contribution in [2.24, 2.45) is 0 Å². The van der Waals surface area contributed by atoms with E-state index in [1.807, 2.05) is 42.7 Å². The van der Waals surface area contributed by atoms with Crippen LogP contribution in [0.4, 0.5) is 10.5 Å². The zero-order valence-corrected chi connectivity index (χ0v) is 16.6. The van der Waals surface area contributed by atoms with Crippen LogP contribution in [0.2, 0.25) is 0 Å². The molecule has 0 spiro atoms. The molecular weight excluding hydrogens is 354 g/mol. The molecule has 2 N–H and O–H groups in total. The number of nitrogens with one attached hydrogen (secondary N) is 2. The summed E-state index contributed by atoms with van der Waals surface area (Å²) in [5, 5.41) is 5.75. The summed E-state index contributed by atoms with van der Waals surface area (Å²) in [5.74, 6) is -0.0544. The molecule has 3 amide bonds. The standard InChI is InChI=1S/C21H25N5O2/c1-14-6-5-7-17(15(14)2)24-21(28)22-10-11-26-13-23-18-12-16(8-9-19(18)26)20(27)25(3)4/h5-9,12-13H,10-11H2,1-4H3,(H2,22,24,28). The molecule has 146 valence electrons. The van der Waals surface area contributed by atoms with Crippen LogP contribution >= 0.6 is 0 Å².